The van der Waals surface area contributed by atoms with Crippen LogP contribution in [0.5, 0.6) is 0 Å². The Morgan fingerprint density at radius 2 is 2.00 bits per heavy atom. The van der Waals surface area contributed by atoms with E-state index in [-0.39, 0.29) is 24.2 Å². The summed E-state index contributed by atoms with van der Waals surface area (Å²) in [5, 5.41) is 9.51. The van der Waals surface area contributed by atoms with Crippen LogP contribution in [0, 0.1) is 11.7 Å². The summed E-state index contributed by atoms with van der Waals surface area (Å²) in [6, 6.07) is 6.02. The van der Waals surface area contributed by atoms with Gasteiger partial charge in [-0.1, -0.05) is 12.1 Å². The number of nitrogens with zero attached hydrogens (tertiary/aromatic N) is 2. The number of hydrogen-bond acceptors (Lipinski definition) is 4. The maximum atomic E-state index is 13.5. The number of aliphatic carboxylic acids is 1. The molecule has 2 aliphatic heterocycles. The molecule has 0 spiro atoms. The van der Waals surface area contributed by atoms with Gasteiger partial charge in [-0.15, -0.1) is 0 Å². The van der Waals surface area contributed by atoms with Crippen molar-refractivity contribution in [3.05, 3.63) is 35.6 Å². The molecule has 26 heavy (non-hydrogen) atoms. The molecular weight excluding hydrogens is 339 g/mol. The van der Waals surface area contributed by atoms with E-state index in [4.69, 9.17) is 4.74 Å². The third kappa shape index (κ3) is 4.59. The Kier molecular flexibility index (Phi) is 6.21. The van der Waals surface area contributed by atoms with E-state index in [9.17, 15) is 19.1 Å². The number of hydrogen-bond donors (Lipinski definition) is 1. The normalized spacial score (nSPS) is 24.0. The molecule has 0 bridgehead atoms. The van der Waals surface area contributed by atoms with Crippen LogP contribution in [0.3, 0.4) is 0 Å². The van der Waals surface area contributed by atoms with Crippen molar-refractivity contribution in [2.45, 2.75) is 18.8 Å². The number of carboxylic acid groups (broad SMARTS) is 1. The quantitative estimate of drug-likeness (QED) is 0.830. The van der Waals surface area contributed by atoms with Gasteiger partial charge in [0.15, 0.2) is 0 Å². The zero-order chi connectivity index (χ0) is 18.5. The maximum absolute atomic E-state index is 13.5. The fraction of sp³-hybridized carbons (Fsp3) is 0.579. The smallest absolute Gasteiger partial charge is 0.308 e. The van der Waals surface area contributed by atoms with Gasteiger partial charge in [-0.25, -0.2) is 4.39 Å². The van der Waals surface area contributed by atoms with Crippen LogP contribution >= 0.6 is 0 Å². The first-order valence-corrected chi connectivity index (χ1v) is 9.11. The van der Waals surface area contributed by atoms with Crippen LogP contribution < -0.4 is 0 Å². The molecule has 2 fully saturated rings. The molecule has 7 heteroatoms. The number of carboxylic acids is 1. The Morgan fingerprint density at radius 1 is 1.23 bits per heavy atom. The van der Waals surface area contributed by atoms with Crippen LogP contribution in [-0.2, 0) is 14.3 Å². The molecule has 0 aromatic heterocycles. The SMILES string of the molecule is O=C(O)C1CN(C(=O)CCCN2CCOCC2)CC1c1cccc(F)c1. The average molecular weight is 364 g/mol. The van der Waals surface area contributed by atoms with Gasteiger partial charge in [0.2, 0.25) is 5.91 Å². The zero-order valence-electron chi connectivity index (χ0n) is 14.8. The fourth-order valence-corrected chi connectivity index (χ4v) is 3.77. The molecule has 2 aliphatic rings. The summed E-state index contributed by atoms with van der Waals surface area (Å²) in [4.78, 5) is 28.0. The Morgan fingerprint density at radius 3 is 2.69 bits per heavy atom. The van der Waals surface area contributed by atoms with E-state index in [1.165, 1.54) is 12.1 Å². The van der Waals surface area contributed by atoms with Crippen molar-refractivity contribution in [1.82, 2.24) is 9.80 Å². The second-order valence-corrected chi connectivity index (χ2v) is 6.96. The second-order valence-electron chi connectivity index (χ2n) is 6.96. The van der Waals surface area contributed by atoms with Crippen molar-refractivity contribution in [2.75, 3.05) is 45.9 Å². The lowest BCUT2D eigenvalue weighted by Gasteiger charge is -2.26. The maximum Gasteiger partial charge on any atom is 0.308 e. The lowest BCUT2D eigenvalue weighted by molar-refractivity contribution is -0.141. The fourth-order valence-electron chi connectivity index (χ4n) is 3.77. The lowest BCUT2D eigenvalue weighted by atomic mass is 9.89. The predicted molar refractivity (Wildman–Crippen MR) is 93.3 cm³/mol. The van der Waals surface area contributed by atoms with Gasteiger partial charge in [0.25, 0.3) is 0 Å². The summed E-state index contributed by atoms with van der Waals surface area (Å²) in [6.07, 6.45) is 1.15. The van der Waals surface area contributed by atoms with Crippen LogP contribution in [-0.4, -0.2) is 72.7 Å². The number of likely N-dealkylation sites (tertiary alicyclic amines) is 1. The van der Waals surface area contributed by atoms with E-state index >= 15 is 0 Å². The summed E-state index contributed by atoms with van der Waals surface area (Å²) < 4.78 is 18.8. The molecule has 0 radical (unpaired) electrons. The van der Waals surface area contributed by atoms with Gasteiger partial charge in [-0.3, -0.25) is 14.5 Å². The lowest BCUT2D eigenvalue weighted by Crippen LogP contribution is -2.37. The summed E-state index contributed by atoms with van der Waals surface area (Å²) in [5.41, 5.74) is 0.640. The predicted octanol–water partition coefficient (Wildman–Crippen LogP) is 1.56. The van der Waals surface area contributed by atoms with Crippen molar-refractivity contribution in [2.24, 2.45) is 5.92 Å². The van der Waals surface area contributed by atoms with Gasteiger partial charge in [0, 0.05) is 38.5 Å². The van der Waals surface area contributed by atoms with Crippen molar-refractivity contribution in [1.29, 1.82) is 0 Å². The highest BCUT2D eigenvalue weighted by Gasteiger charge is 2.40. The largest absolute Gasteiger partial charge is 0.481 e. The Balaban J connectivity index is 1.56. The average Bonchev–Trinajstić information content (AvgIpc) is 3.08. The number of rotatable bonds is 6. The van der Waals surface area contributed by atoms with Crippen molar-refractivity contribution in [3.63, 3.8) is 0 Å². The van der Waals surface area contributed by atoms with Gasteiger partial charge >= 0.3 is 5.97 Å². The molecule has 1 N–H and O–H groups in total. The van der Waals surface area contributed by atoms with E-state index in [0.29, 0.717) is 18.5 Å². The number of carbonyl (C=O) groups is 2. The number of morpholine rings is 1. The Labute approximate surface area is 152 Å². The monoisotopic (exact) mass is 364 g/mol. The van der Waals surface area contributed by atoms with Gasteiger partial charge in [0.1, 0.15) is 5.82 Å². The molecule has 1 amide bonds. The molecule has 1 aromatic carbocycles. The minimum absolute atomic E-state index is 0.0246. The van der Waals surface area contributed by atoms with Gasteiger partial charge < -0.3 is 14.7 Å². The second kappa shape index (κ2) is 8.60. The topological polar surface area (TPSA) is 70.1 Å². The van der Waals surface area contributed by atoms with E-state index in [0.717, 1.165) is 39.3 Å². The molecule has 1 aromatic rings. The summed E-state index contributed by atoms with van der Waals surface area (Å²) in [6.45, 7) is 4.61. The molecule has 2 saturated heterocycles. The van der Waals surface area contributed by atoms with E-state index in [1.54, 1.807) is 17.0 Å². The Bertz CT molecular complexity index is 648. The number of ether oxygens (including phenoxy) is 1. The highest BCUT2D eigenvalue weighted by atomic mass is 19.1. The molecule has 0 saturated carbocycles. The molecule has 142 valence electrons. The van der Waals surface area contributed by atoms with E-state index in [2.05, 4.69) is 4.90 Å². The molecule has 2 unspecified atom stereocenters. The molecule has 3 rings (SSSR count). The standard InChI is InChI=1S/C19H25FN2O4/c20-15-4-1-3-14(11-15)16-12-22(13-17(16)19(24)25)18(23)5-2-6-21-7-9-26-10-8-21/h1,3-4,11,16-17H,2,5-10,12-13H2,(H,24,25). The van der Waals surface area contributed by atoms with Crippen LogP contribution in [0.1, 0.15) is 24.3 Å². The van der Waals surface area contributed by atoms with Crippen LogP contribution in [0.4, 0.5) is 4.39 Å². The first-order chi connectivity index (χ1) is 12.5. The van der Waals surface area contributed by atoms with Gasteiger partial charge in [-0.05, 0) is 30.7 Å². The minimum atomic E-state index is -0.942. The molecule has 6 nitrogen and oxygen atoms in total. The van der Waals surface area contributed by atoms with Crippen LogP contribution in [0.15, 0.2) is 24.3 Å². The number of amides is 1. The zero-order valence-corrected chi connectivity index (χ0v) is 14.8. The molecule has 2 heterocycles. The third-order valence-corrected chi connectivity index (χ3v) is 5.24. The number of halogens is 1. The van der Waals surface area contributed by atoms with E-state index in [1.807, 2.05) is 0 Å². The molecule has 0 aliphatic carbocycles. The highest BCUT2D eigenvalue weighted by molar-refractivity contribution is 5.79. The summed E-state index contributed by atoms with van der Waals surface area (Å²) >= 11 is 0. The minimum Gasteiger partial charge on any atom is -0.481 e. The van der Waals surface area contributed by atoms with Crippen molar-refractivity contribution < 1.29 is 23.8 Å². The van der Waals surface area contributed by atoms with Crippen LogP contribution in [0.2, 0.25) is 0 Å². The Hall–Kier alpha value is -1.99. The highest BCUT2D eigenvalue weighted by Crippen LogP contribution is 2.33. The third-order valence-electron chi connectivity index (χ3n) is 5.24. The van der Waals surface area contributed by atoms with Crippen molar-refractivity contribution in [3.8, 4) is 0 Å². The first kappa shape index (κ1) is 18.8. The number of carbonyl (C=O) groups excluding carboxylic acids is 1. The summed E-state index contributed by atoms with van der Waals surface area (Å²) in [5.74, 6) is -2.42. The van der Waals surface area contributed by atoms with Gasteiger partial charge in [0.05, 0.1) is 19.1 Å². The molecule has 2 atom stereocenters. The number of benzene rings is 1. The van der Waals surface area contributed by atoms with E-state index < -0.39 is 11.9 Å². The van der Waals surface area contributed by atoms with Crippen LogP contribution in [0.25, 0.3) is 0 Å². The molecular formula is C19H25FN2O4. The summed E-state index contributed by atoms with van der Waals surface area (Å²) in [7, 11) is 0. The van der Waals surface area contributed by atoms with Crippen molar-refractivity contribution >= 4 is 11.9 Å². The first-order valence-electron chi connectivity index (χ1n) is 9.11. The van der Waals surface area contributed by atoms with Gasteiger partial charge in [-0.2, -0.15) is 0 Å².